The minimum Gasteiger partial charge on any atom is -0.497 e. The average Bonchev–Trinajstić information content (AvgIpc) is 2.93. The van der Waals surface area contributed by atoms with Gasteiger partial charge in [0.15, 0.2) is 18.1 Å². The predicted molar refractivity (Wildman–Crippen MR) is 143 cm³/mol. The van der Waals surface area contributed by atoms with Gasteiger partial charge < -0.3 is 24.8 Å². The van der Waals surface area contributed by atoms with E-state index in [2.05, 4.69) is 21.2 Å². The van der Waals surface area contributed by atoms with Gasteiger partial charge in [0.25, 0.3) is 5.91 Å². The second-order valence-corrected chi connectivity index (χ2v) is 8.01. The van der Waals surface area contributed by atoms with Gasteiger partial charge in [0.05, 0.1) is 26.0 Å². The summed E-state index contributed by atoms with van der Waals surface area (Å²) in [5, 5.41) is 9.21. The molecule has 1 atom stereocenters. The van der Waals surface area contributed by atoms with E-state index in [0.29, 0.717) is 35.1 Å². The number of ether oxygens (including phenoxy) is 3. The fourth-order valence-electron chi connectivity index (χ4n) is 3.34. The topological polar surface area (TPSA) is 127 Å². The van der Waals surface area contributed by atoms with Gasteiger partial charge >= 0.3 is 11.8 Å². The zero-order chi connectivity index (χ0) is 27.3. The third-order valence-electron chi connectivity index (χ3n) is 5.21. The molecule has 3 amide bonds. The van der Waals surface area contributed by atoms with Crippen LogP contribution >= 0.6 is 0 Å². The van der Waals surface area contributed by atoms with Crippen molar-refractivity contribution < 1.29 is 28.6 Å². The first-order valence-electron chi connectivity index (χ1n) is 11.9. The summed E-state index contributed by atoms with van der Waals surface area (Å²) in [5.41, 5.74) is 4.25. The number of hydrogen-bond donors (Lipinski definition) is 3. The minimum atomic E-state index is -0.893. The van der Waals surface area contributed by atoms with Crippen LogP contribution in [0, 0.1) is 0 Å². The molecule has 10 nitrogen and oxygen atoms in total. The Morgan fingerprint density at radius 3 is 2.45 bits per heavy atom. The molecular formula is C28H30N4O6. The van der Waals surface area contributed by atoms with Crippen molar-refractivity contribution in [3.8, 4) is 17.2 Å². The Kier molecular flexibility index (Phi) is 10.2. The number of rotatable bonds is 11. The monoisotopic (exact) mass is 518 g/mol. The maximum Gasteiger partial charge on any atom is 0.329 e. The summed E-state index contributed by atoms with van der Waals surface area (Å²) < 4.78 is 16.4. The second-order valence-electron chi connectivity index (χ2n) is 8.01. The summed E-state index contributed by atoms with van der Waals surface area (Å²) in [5.74, 6) is -0.665. The average molecular weight is 519 g/mol. The lowest BCUT2D eigenvalue weighted by molar-refractivity contribution is -0.139. The van der Waals surface area contributed by atoms with Crippen LogP contribution in [-0.2, 0) is 14.4 Å². The zero-order valence-corrected chi connectivity index (χ0v) is 21.4. The molecule has 3 aromatic carbocycles. The fourth-order valence-corrected chi connectivity index (χ4v) is 3.34. The van der Waals surface area contributed by atoms with Crippen LogP contribution < -0.4 is 30.3 Å². The van der Waals surface area contributed by atoms with Crippen LogP contribution in [0.2, 0.25) is 0 Å². The minimum absolute atomic E-state index is 0.239. The molecule has 1 unspecified atom stereocenters. The van der Waals surface area contributed by atoms with Crippen LogP contribution in [0.3, 0.4) is 0 Å². The summed E-state index contributed by atoms with van der Waals surface area (Å²) in [6.45, 7) is 3.72. The fraction of sp³-hybridized carbons (Fsp3) is 0.214. The summed E-state index contributed by atoms with van der Waals surface area (Å²) in [4.78, 5) is 36.6. The highest BCUT2D eigenvalue weighted by molar-refractivity contribution is 6.35. The molecule has 10 heteroatoms. The maximum atomic E-state index is 12.3. The lowest BCUT2D eigenvalue weighted by atomic mass is 10.1. The Morgan fingerprint density at radius 2 is 1.71 bits per heavy atom. The van der Waals surface area contributed by atoms with Gasteiger partial charge in [-0.2, -0.15) is 5.10 Å². The number of benzene rings is 3. The highest BCUT2D eigenvalue weighted by Crippen LogP contribution is 2.28. The molecule has 0 saturated heterocycles. The first kappa shape index (κ1) is 27.7. The molecule has 38 heavy (non-hydrogen) atoms. The van der Waals surface area contributed by atoms with Crippen molar-refractivity contribution >= 4 is 29.6 Å². The number of carbonyl (C=O) groups is 3. The van der Waals surface area contributed by atoms with Crippen molar-refractivity contribution in [2.75, 3.05) is 25.6 Å². The van der Waals surface area contributed by atoms with E-state index >= 15 is 0 Å². The van der Waals surface area contributed by atoms with E-state index in [1.54, 1.807) is 56.5 Å². The highest BCUT2D eigenvalue weighted by Gasteiger charge is 2.16. The molecule has 0 bridgehead atoms. The van der Waals surface area contributed by atoms with E-state index < -0.39 is 11.8 Å². The summed E-state index contributed by atoms with van der Waals surface area (Å²) >= 11 is 0. The van der Waals surface area contributed by atoms with Gasteiger partial charge in [-0.1, -0.05) is 36.4 Å². The molecule has 0 spiro atoms. The first-order chi connectivity index (χ1) is 18.4. The quantitative estimate of drug-likeness (QED) is 0.203. The van der Waals surface area contributed by atoms with Gasteiger partial charge in [-0.15, -0.1) is 0 Å². The number of nitrogens with zero attached hydrogens (tertiary/aromatic N) is 1. The third kappa shape index (κ3) is 8.37. The zero-order valence-electron chi connectivity index (χ0n) is 21.4. The van der Waals surface area contributed by atoms with Gasteiger partial charge in [0, 0.05) is 11.8 Å². The molecule has 0 aromatic heterocycles. The molecule has 0 radical (unpaired) electrons. The molecule has 3 N–H and O–H groups in total. The van der Waals surface area contributed by atoms with Crippen LogP contribution in [0.15, 0.2) is 77.9 Å². The Hall–Kier alpha value is -4.86. The van der Waals surface area contributed by atoms with E-state index in [1.807, 2.05) is 37.3 Å². The highest BCUT2D eigenvalue weighted by atomic mass is 16.5. The van der Waals surface area contributed by atoms with E-state index in [-0.39, 0.29) is 18.6 Å². The van der Waals surface area contributed by atoms with Crippen LogP contribution in [0.5, 0.6) is 17.2 Å². The Balaban J connectivity index is 1.54. The molecule has 198 valence electrons. The lowest BCUT2D eigenvalue weighted by Crippen LogP contribution is -2.39. The predicted octanol–water partition coefficient (Wildman–Crippen LogP) is 3.44. The molecule has 0 saturated carbocycles. The number of hydrogen-bond acceptors (Lipinski definition) is 7. The molecular weight excluding hydrogens is 488 g/mol. The Bertz CT molecular complexity index is 1280. The van der Waals surface area contributed by atoms with Crippen molar-refractivity contribution in [1.82, 2.24) is 10.7 Å². The molecule has 0 aliphatic heterocycles. The normalized spacial score (nSPS) is 11.3. The number of amides is 3. The van der Waals surface area contributed by atoms with Crippen molar-refractivity contribution in [2.24, 2.45) is 5.10 Å². The number of carbonyl (C=O) groups excluding carboxylic acids is 3. The Labute approximate surface area is 221 Å². The number of nitrogens with one attached hydrogen (secondary N) is 3. The van der Waals surface area contributed by atoms with Gasteiger partial charge in [0.2, 0.25) is 0 Å². The van der Waals surface area contributed by atoms with Crippen molar-refractivity contribution in [1.29, 1.82) is 0 Å². The van der Waals surface area contributed by atoms with E-state index in [4.69, 9.17) is 14.2 Å². The van der Waals surface area contributed by atoms with Crippen molar-refractivity contribution in [3.05, 3.63) is 83.9 Å². The summed E-state index contributed by atoms with van der Waals surface area (Å²) in [6.07, 6.45) is 1.37. The molecule has 0 aliphatic carbocycles. The van der Waals surface area contributed by atoms with Gasteiger partial charge in [0.1, 0.15) is 5.75 Å². The molecule has 3 aromatic rings. The van der Waals surface area contributed by atoms with Gasteiger partial charge in [-0.3, -0.25) is 14.4 Å². The maximum absolute atomic E-state index is 12.3. The van der Waals surface area contributed by atoms with Gasteiger partial charge in [-0.25, -0.2) is 5.43 Å². The smallest absolute Gasteiger partial charge is 0.329 e. The van der Waals surface area contributed by atoms with Crippen LogP contribution in [0.4, 0.5) is 5.69 Å². The Morgan fingerprint density at radius 1 is 0.921 bits per heavy atom. The summed E-state index contributed by atoms with van der Waals surface area (Å²) in [7, 11) is 1.55. The van der Waals surface area contributed by atoms with Crippen LogP contribution in [0.1, 0.15) is 31.0 Å². The van der Waals surface area contributed by atoms with Crippen LogP contribution in [0.25, 0.3) is 0 Å². The molecule has 0 heterocycles. The lowest BCUT2D eigenvalue weighted by Gasteiger charge is -2.13. The van der Waals surface area contributed by atoms with E-state index in [0.717, 1.165) is 5.56 Å². The largest absolute Gasteiger partial charge is 0.497 e. The van der Waals surface area contributed by atoms with E-state index in [9.17, 15) is 14.4 Å². The molecule has 3 rings (SSSR count). The van der Waals surface area contributed by atoms with E-state index in [1.165, 1.54) is 6.21 Å². The summed E-state index contributed by atoms with van der Waals surface area (Å²) in [6, 6.07) is 20.9. The van der Waals surface area contributed by atoms with Crippen LogP contribution in [-0.4, -0.2) is 44.3 Å². The SMILES string of the molecule is CCOc1cc(/C=N/NC(=O)C(=O)NC(C)c2ccccc2)ccc1OCC(=O)Nc1cccc(OC)c1. The molecule has 0 aliphatic rings. The number of anilines is 1. The molecule has 0 fully saturated rings. The third-order valence-corrected chi connectivity index (χ3v) is 5.21. The van der Waals surface area contributed by atoms with Crippen molar-refractivity contribution in [3.63, 3.8) is 0 Å². The standard InChI is InChI=1S/C28H30N4O6/c1-4-37-25-15-20(17-29-32-28(35)27(34)30-19(2)21-9-6-5-7-10-21)13-14-24(25)38-18-26(33)31-22-11-8-12-23(16-22)36-3/h5-17,19H,4,18H2,1-3H3,(H,30,34)(H,31,33)(H,32,35)/b29-17+. The van der Waals surface area contributed by atoms with Crippen molar-refractivity contribution in [2.45, 2.75) is 19.9 Å². The van der Waals surface area contributed by atoms with Gasteiger partial charge in [-0.05, 0) is 55.3 Å². The number of hydrazone groups is 1. The second kappa shape index (κ2) is 14.0. The first-order valence-corrected chi connectivity index (χ1v) is 11.9. The number of methoxy groups -OCH3 is 1.